The molecule has 3 aromatic carbocycles. The summed E-state index contributed by atoms with van der Waals surface area (Å²) in [5, 5.41) is 3.61. The van der Waals surface area contributed by atoms with Crippen molar-refractivity contribution in [1.29, 1.82) is 0 Å². The van der Waals surface area contributed by atoms with E-state index in [1.54, 1.807) is 0 Å². The predicted molar refractivity (Wildman–Crippen MR) is 140 cm³/mol. The summed E-state index contributed by atoms with van der Waals surface area (Å²) in [6.45, 7) is 0. The van der Waals surface area contributed by atoms with E-state index >= 15 is 0 Å². The van der Waals surface area contributed by atoms with Gasteiger partial charge >= 0.3 is 0 Å². The average Bonchev–Trinajstić information content (AvgIpc) is 3.59. The molecule has 4 aromatic heterocycles. The highest BCUT2D eigenvalue weighted by atomic mass is 15.1. The van der Waals surface area contributed by atoms with E-state index in [-0.39, 0.29) is 0 Å². The van der Waals surface area contributed by atoms with Crippen LogP contribution in [0.25, 0.3) is 60.7 Å². The van der Waals surface area contributed by atoms with Crippen molar-refractivity contribution in [3.63, 3.8) is 0 Å². The standard InChI is InChI=1S/C31H18N4/c1-2-5-19-17(4-1)14-24-20(19)8-7-18-15-25-22(28(18)24)10-9-21-23-6-3-12-33-30(23)35-27-11-13-32-16-26(27)34-31(35)29(21)25/h1-13,16H,14-15H2. The zero-order chi connectivity index (χ0) is 22.7. The van der Waals surface area contributed by atoms with E-state index in [0.29, 0.717) is 0 Å². The number of pyridine rings is 3. The van der Waals surface area contributed by atoms with E-state index < -0.39 is 0 Å². The summed E-state index contributed by atoms with van der Waals surface area (Å²) in [6, 6.07) is 24.4. The van der Waals surface area contributed by atoms with Gasteiger partial charge in [0.25, 0.3) is 0 Å². The molecule has 7 aromatic rings. The molecule has 2 aliphatic rings. The first-order chi connectivity index (χ1) is 17.4. The first kappa shape index (κ1) is 17.8. The fraction of sp³-hybridized carbons (Fsp3) is 0.0645. The van der Waals surface area contributed by atoms with E-state index in [9.17, 15) is 0 Å². The minimum absolute atomic E-state index is 0.899. The zero-order valence-electron chi connectivity index (χ0n) is 18.8. The Labute approximate surface area is 200 Å². The number of fused-ring (bicyclic) bond motifs is 16. The molecule has 0 atom stereocenters. The van der Waals surface area contributed by atoms with Crippen LogP contribution in [0.3, 0.4) is 0 Å². The molecule has 0 aliphatic heterocycles. The third kappa shape index (κ3) is 2.11. The lowest BCUT2D eigenvalue weighted by Crippen LogP contribution is -1.96. The third-order valence-corrected chi connectivity index (χ3v) is 7.99. The van der Waals surface area contributed by atoms with Crippen LogP contribution in [0.15, 0.2) is 85.3 Å². The lowest BCUT2D eigenvalue weighted by Gasteiger charge is -2.12. The van der Waals surface area contributed by atoms with Crippen molar-refractivity contribution < 1.29 is 0 Å². The Morgan fingerprint density at radius 3 is 2.57 bits per heavy atom. The van der Waals surface area contributed by atoms with Crippen molar-refractivity contribution in [2.45, 2.75) is 12.8 Å². The fourth-order valence-electron chi connectivity index (χ4n) is 6.58. The summed E-state index contributed by atoms with van der Waals surface area (Å²) < 4.78 is 2.22. The van der Waals surface area contributed by atoms with Crippen LogP contribution in [0.4, 0.5) is 0 Å². The second kappa shape index (κ2) is 6.10. The van der Waals surface area contributed by atoms with Gasteiger partial charge in [0.15, 0.2) is 0 Å². The molecule has 9 rings (SSSR count). The van der Waals surface area contributed by atoms with Crippen LogP contribution < -0.4 is 0 Å². The van der Waals surface area contributed by atoms with Crippen molar-refractivity contribution in [3.05, 3.63) is 108 Å². The number of hydrogen-bond donors (Lipinski definition) is 0. The molecular formula is C31H18N4. The maximum Gasteiger partial charge on any atom is 0.147 e. The summed E-state index contributed by atoms with van der Waals surface area (Å²) in [5.41, 5.74) is 15.1. The minimum Gasteiger partial charge on any atom is -0.276 e. The molecule has 2 aliphatic carbocycles. The normalized spacial score (nSPS) is 13.5. The van der Waals surface area contributed by atoms with Crippen LogP contribution in [0.2, 0.25) is 0 Å². The molecule has 162 valence electrons. The van der Waals surface area contributed by atoms with Gasteiger partial charge in [-0.2, -0.15) is 0 Å². The van der Waals surface area contributed by atoms with Gasteiger partial charge in [0.2, 0.25) is 0 Å². The summed E-state index contributed by atoms with van der Waals surface area (Å²) in [4.78, 5) is 14.2. The van der Waals surface area contributed by atoms with Gasteiger partial charge in [-0.05, 0) is 80.9 Å². The molecule has 0 amide bonds. The summed E-state index contributed by atoms with van der Waals surface area (Å²) >= 11 is 0. The number of rotatable bonds is 0. The van der Waals surface area contributed by atoms with Crippen LogP contribution in [0.1, 0.15) is 22.3 Å². The molecule has 4 heterocycles. The minimum atomic E-state index is 0.899. The Balaban J connectivity index is 1.44. The van der Waals surface area contributed by atoms with Gasteiger partial charge in [0.05, 0.1) is 11.7 Å². The van der Waals surface area contributed by atoms with Crippen LogP contribution in [-0.2, 0) is 12.8 Å². The van der Waals surface area contributed by atoms with Gasteiger partial charge in [-0.3, -0.25) is 9.38 Å². The highest BCUT2D eigenvalue weighted by molar-refractivity contribution is 6.16. The van der Waals surface area contributed by atoms with Gasteiger partial charge in [0, 0.05) is 23.2 Å². The Hall–Kier alpha value is -4.57. The maximum absolute atomic E-state index is 5.10. The number of nitrogens with zero attached hydrogens (tertiary/aromatic N) is 4. The molecule has 0 spiro atoms. The van der Waals surface area contributed by atoms with Gasteiger partial charge < -0.3 is 0 Å². The predicted octanol–water partition coefficient (Wildman–Crippen LogP) is 6.73. The van der Waals surface area contributed by atoms with E-state index in [0.717, 1.165) is 40.6 Å². The fourth-order valence-corrected chi connectivity index (χ4v) is 6.58. The number of imidazole rings is 1. The first-order valence-electron chi connectivity index (χ1n) is 12.0. The molecule has 4 nitrogen and oxygen atoms in total. The quantitative estimate of drug-likeness (QED) is 0.243. The molecule has 0 N–H and O–H groups in total. The van der Waals surface area contributed by atoms with E-state index in [2.05, 4.69) is 64.0 Å². The van der Waals surface area contributed by atoms with Crippen molar-refractivity contribution >= 4 is 38.5 Å². The summed E-state index contributed by atoms with van der Waals surface area (Å²) in [5.74, 6) is 0. The highest BCUT2D eigenvalue weighted by Crippen LogP contribution is 2.50. The molecule has 0 unspecified atom stereocenters. The zero-order valence-corrected chi connectivity index (χ0v) is 18.8. The van der Waals surface area contributed by atoms with Crippen LogP contribution in [0.5, 0.6) is 0 Å². The highest BCUT2D eigenvalue weighted by Gasteiger charge is 2.30. The van der Waals surface area contributed by atoms with Crippen LogP contribution >= 0.6 is 0 Å². The summed E-state index contributed by atoms with van der Waals surface area (Å²) in [7, 11) is 0. The van der Waals surface area contributed by atoms with Crippen molar-refractivity contribution in [3.8, 4) is 22.3 Å². The van der Waals surface area contributed by atoms with Crippen molar-refractivity contribution in [2.24, 2.45) is 0 Å². The monoisotopic (exact) mass is 446 g/mol. The van der Waals surface area contributed by atoms with Gasteiger partial charge in [-0.25, -0.2) is 9.97 Å². The van der Waals surface area contributed by atoms with E-state index in [4.69, 9.17) is 9.97 Å². The van der Waals surface area contributed by atoms with Crippen molar-refractivity contribution in [2.75, 3.05) is 0 Å². The van der Waals surface area contributed by atoms with Crippen molar-refractivity contribution in [1.82, 2.24) is 19.4 Å². The SMILES string of the molecule is c1ccc2c(c1)Cc1c-2ccc2c1-c1ccc3c4cccnc4n4c5ccncc5nc4c3c1C2. The Bertz CT molecular complexity index is 2070. The largest absolute Gasteiger partial charge is 0.276 e. The molecule has 0 saturated carbocycles. The number of benzene rings is 3. The Morgan fingerprint density at radius 2 is 1.57 bits per heavy atom. The second-order valence-electron chi connectivity index (χ2n) is 9.66. The summed E-state index contributed by atoms with van der Waals surface area (Å²) in [6.07, 6.45) is 7.48. The lowest BCUT2D eigenvalue weighted by atomic mass is 9.94. The van der Waals surface area contributed by atoms with Gasteiger partial charge in [-0.1, -0.05) is 48.5 Å². The molecule has 0 fully saturated rings. The lowest BCUT2D eigenvalue weighted by molar-refractivity contribution is 1.22. The molecule has 0 radical (unpaired) electrons. The maximum atomic E-state index is 5.10. The molecule has 0 saturated heterocycles. The first-order valence-corrected chi connectivity index (χ1v) is 12.0. The third-order valence-electron chi connectivity index (χ3n) is 7.99. The Morgan fingerprint density at radius 1 is 0.657 bits per heavy atom. The van der Waals surface area contributed by atoms with Crippen LogP contribution in [0, 0.1) is 0 Å². The molecule has 0 bridgehead atoms. The number of hydrogen-bond acceptors (Lipinski definition) is 3. The average molecular weight is 447 g/mol. The van der Waals surface area contributed by atoms with E-state index in [1.807, 2.05) is 30.7 Å². The molecule has 35 heavy (non-hydrogen) atoms. The Kier molecular flexibility index (Phi) is 3.11. The smallest absolute Gasteiger partial charge is 0.147 e. The topological polar surface area (TPSA) is 43.1 Å². The van der Waals surface area contributed by atoms with Gasteiger partial charge in [0.1, 0.15) is 16.8 Å². The second-order valence-corrected chi connectivity index (χ2v) is 9.66. The van der Waals surface area contributed by atoms with Gasteiger partial charge in [-0.15, -0.1) is 0 Å². The molecular weight excluding hydrogens is 428 g/mol. The number of aromatic nitrogens is 4. The van der Waals surface area contributed by atoms with Crippen LogP contribution in [-0.4, -0.2) is 19.4 Å². The van der Waals surface area contributed by atoms with E-state index in [1.165, 1.54) is 55.3 Å². The molecule has 4 heteroatoms.